The monoisotopic (exact) mass is 446 g/mol. The fourth-order valence-electron chi connectivity index (χ4n) is 4.85. The van der Waals surface area contributed by atoms with Crippen LogP contribution in [-0.4, -0.2) is 21.6 Å². The molecule has 1 aliphatic heterocycles. The first kappa shape index (κ1) is 20.6. The molecular formula is C29H26N4O. The first-order valence-corrected chi connectivity index (χ1v) is 11.7. The summed E-state index contributed by atoms with van der Waals surface area (Å²) in [7, 11) is 0. The maximum atomic E-state index is 5.44. The molecule has 0 amide bonds. The maximum absolute atomic E-state index is 5.44. The number of aromatic nitrogens is 2. The smallest absolute Gasteiger partial charge is 0.128 e. The third-order valence-corrected chi connectivity index (χ3v) is 6.51. The van der Waals surface area contributed by atoms with E-state index in [1.54, 1.807) is 6.26 Å². The molecule has 3 heterocycles. The van der Waals surface area contributed by atoms with Crippen LogP contribution >= 0.6 is 0 Å². The third-order valence-electron chi connectivity index (χ3n) is 6.51. The van der Waals surface area contributed by atoms with E-state index in [9.17, 15) is 0 Å². The van der Waals surface area contributed by atoms with Crippen LogP contribution in [0, 0.1) is 6.92 Å². The van der Waals surface area contributed by atoms with Gasteiger partial charge in [0.05, 0.1) is 5.52 Å². The van der Waals surface area contributed by atoms with Crippen molar-refractivity contribution in [1.29, 1.82) is 0 Å². The van der Waals surface area contributed by atoms with Crippen LogP contribution in [0.25, 0.3) is 22.2 Å². The minimum absolute atomic E-state index is 0.818. The Hall–Kier alpha value is -3.96. The van der Waals surface area contributed by atoms with Gasteiger partial charge in [0, 0.05) is 53.2 Å². The molecule has 34 heavy (non-hydrogen) atoms. The number of nitrogens with zero attached hydrogens (tertiary/aromatic N) is 3. The lowest BCUT2D eigenvalue weighted by Crippen LogP contribution is -2.30. The lowest BCUT2D eigenvalue weighted by molar-refractivity contribution is 0.245. The number of anilines is 2. The van der Waals surface area contributed by atoms with E-state index in [-0.39, 0.29) is 0 Å². The van der Waals surface area contributed by atoms with Gasteiger partial charge in [-0.1, -0.05) is 59.8 Å². The lowest BCUT2D eigenvalue weighted by Gasteiger charge is -2.28. The Bertz CT molecular complexity index is 1470. The second-order valence-electron chi connectivity index (χ2n) is 8.95. The molecule has 0 saturated heterocycles. The number of pyridine rings is 1. The zero-order chi connectivity index (χ0) is 22.9. The summed E-state index contributed by atoms with van der Waals surface area (Å²) in [5.41, 5.74) is 9.96. The molecule has 0 atom stereocenters. The highest BCUT2D eigenvalue weighted by Gasteiger charge is 2.19. The van der Waals surface area contributed by atoms with Gasteiger partial charge in [-0.2, -0.15) is 0 Å². The molecular weight excluding hydrogens is 420 g/mol. The number of aryl methyl sites for hydroxylation is 1. The number of hydrogen-bond acceptors (Lipinski definition) is 5. The predicted molar refractivity (Wildman–Crippen MR) is 136 cm³/mol. The molecule has 0 aliphatic carbocycles. The van der Waals surface area contributed by atoms with Crippen LogP contribution in [0.5, 0.6) is 0 Å². The highest BCUT2D eigenvalue weighted by molar-refractivity contribution is 5.93. The predicted octanol–water partition coefficient (Wildman–Crippen LogP) is 6.50. The summed E-state index contributed by atoms with van der Waals surface area (Å²) in [6.45, 7) is 4.84. The molecule has 6 rings (SSSR count). The fraction of sp³-hybridized carbons (Fsp3) is 0.172. The van der Waals surface area contributed by atoms with E-state index in [2.05, 4.69) is 81.0 Å². The Morgan fingerprint density at radius 3 is 2.74 bits per heavy atom. The summed E-state index contributed by atoms with van der Waals surface area (Å²) in [5, 5.41) is 9.06. The van der Waals surface area contributed by atoms with Crippen LogP contribution in [0.3, 0.4) is 0 Å². The molecule has 3 aromatic carbocycles. The Morgan fingerprint density at radius 1 is 0.941 bits per heavy atom. The average molecular weight is 447 g/mol. The van der Waals surface area contributed by atoms with E-state index >= 15 is 0 Å². The molecule has 1 N–H and O–H groups in total. The van der Waals surface area contributed by atoms with Crippen LogP contribution in [-0.2, 0) is 19.5 Å². The number of nitrogens with one attached hydrogen (secondary N) is 1. The van der Waals surface area contributed by atoms with Crippen molar-refractivity contribution < 1.29 is 4.52 Å². The van der Waals surface area contributed by atoms with Gasteiger partial charge in [0.15, 0.2) is 0 Å². The standard InChI is InChI=1S/C29H26N4O/c1-20-15-28(26-11-4-5-12-27(26)30-20)31-25-10-6-9-22(16-25)29-24(19-34-32-29)18-33-14-13-21-7-2-3-8-23(21)17-33/h2-12,15-16,19H,13-14,17-18H2,1H3,(H,30,31). The van der Waals surface area contributed by atoms with Crippen molar-refractivity contribution in [3.05, 3.63) is 108 Å². The number of fused-ring (bicyclic) bond motifs is 2. The van der Waals surface area contributed by atoms with E-state index in [4.69, 9.17) is 4.52 Å². The topological polar surface area (TPSA) is 54.2 Å². The maximum Gasteiger partial charge on any atom is 0.128 e. The first-order chi connectivity index (χ1) is 16.7. The van der Waals surface area contributed by atoms with Crippen molar-refractivity contribution in [2.24, 2.45) is 0 Å². The zero-order valence-corrected chi connectivity index (χ0v) is 19.2. The molecule has 1 aliphatic rings. The second-order valence-corrected chi connectivity index (χ2v) is 8.95. The normalized spacial score (nSPS) is 13.7. The summed E-state index contributed by atoms with van der Waals surface area (Å²) in [6.07, 6.45) is 2.87. The Labute approximate surface area is 199 Å². The van der Waals surface area contributed by atoms with Crippen LogP contribution in [0.15, 0.2) is 89.6 Å². The molecule has 0 bridgehead atoms. The zero-order valence-electron chi connectivity index (χ0n) is 19.2. The van der Waals surface area contributed by atoms with Gasteiger partial charge >= 0.3 is 0 Å². The molecule has 2 aromatic heterocycles. The highest BCUT2D eigenvalue weighted by Crippen LogP contribution is 2.31. The largest absolute Gasteiger partial charge is 0.364 e. The Morgan fingerprint density at radius 2 is 1.79 bits per heavy atom. The van der Waals surface area contributed by atoms with Crippen molar-refractivity contribution in [3.8, 4) is 11.3 Å². The van der Waals surface area contributed by atoms with Gasteiger partial charge in [0.1, 0.15) is 12.0 Å². The van der Waals surface area contributed by atoms with Crippen LogP contribution in [0.2, 0.25) is 0 Å². The average Bonchev–Trinajstić information content (AvgIpc) is 3.32. The molecule has 5 heteroatoms. The number of benzene rings is 3. The van der Waals surface area contributed by atoms with E-state index in [0.29, 0.717) is 0 Å². The van der Waals surface area contributed by atoms with Gasteiger partial charge in [-0.25, -0.2) is 0 Å². The summed E-state index contributed by atoms with van der Waals surface area (Å²) < 4.78 is 5.44. The molecule has 0 fully saturated rings. The summed E-state index contributed by atoms with van der Waals surface area (Å²) in [5.74, 6) is 0. The van der Waals surface area contributed by atoms with Crippen molar-refractivity contribution in [3.63, 3.8) is 0 Å². The lowest BCUT2D eigenvalue weighted by atomic mass is 9.99. The van der Waals surface area contributed by atoms with E-state index < -0.39 is 0 Å². The minimum Gasteiger partial charge on any atom is -0.364 e. The molecule has 0 unspecified atom stereocenters. The quantitative estimate of drug-likeness (QED) is 0.334. The minimum atomic E-state index is 0.818. The first-order valence-electron chi connectivity index (χ1n) is 11.7. The van der Waals surface area contributed by atoms with E-state index in [1.807, 2.05) is 25.1 Å². The van der Waals surface area contributed by atoms with E-state index in [0.717, 1.165) is 70.8 Å². The highest BCUT2D eigenvalue weighted by atomic mass is 16.5. The van der Waals surface area contributed by atoms with Gasteiger partial charge in [0.25, 0.3) is 0 Å². The van der Waals surface area contributed by atoms with Crippen molar-refractivity contribution in [2.45, 2.75) is 26.4 Å². The van der Waals surface area contributed by atoms with Gasteiger partial charge in [-0.05, 0) is 48.7 Å². The summed E-state index contributed by atoms with van der Waals surface area (Å²) in [4.78, 5) is 7.11. The van der Waals surface area contributed by atoms with Gasteiger partial charge < -0.3 is 9.84 Å². The Balaban J connectivity index is 1.26. The second kappa shape index (κ2) is 8.76. The molecule has 0 radical (unpaired) electrons. The van der Waals surface area contributed by atoms with E-state index in [1.165, 1.54) is 11.1 Å². The van der Waals surface area contributed by atoms with Crippen LogP contribution in [0.4, 0.5) is 11.4 Å². The third kappa shape index (κ3) is 4.06. The Kier molecular flexibility index (Phi) is 5.32. The number of rotatable bonds is 5. The van der Waals surface area contributed by atoms with Gasteiger partial charge in [-0.3, -0.25) is 9.88 Å². The summed E-state index contributed by atoms with van der Waals surface area (Å²) in [6, 6.07) is 27.4. The van der Waals surface area contributed by atoms with Gasteiger partial charge in [0.2, 0.25) is 0 Å². The van der Waals surface area contributed by atoms with Crippen LogP contribution < -0.4 is 5.32 Å². The number of para-hydroxylation sites is 1. The molecule has 168 valence electrons. The number of hydrogen-bond donors (Lipinski definition) is 1. The van der Waals surface area contributed by atoms with Crippen LogP contribution in [0.1, 0.15) is 22.4 Å². The van der Waals surface area contributed by atoms with Crippen molar-refractivity contribution >= 4 is 22.3 Å². The molecule has 0 saturated carbocycles. The summed E-state index contributed by atoms with van der Waals surface area (Å²) >= 11 is 0. The molecule has 0 spiro atoms. The van der Waals surface area contributed by atoms with Gasteiger partial charge in [-0.15, -0.1) is 0 Å². The van der Waals surface area contributed by atoms with Crippen molar-refractivity contribution in [1.82, 2.24) is 15.0 Å². The van der Waals surface area contributed by atoms with Crippen molar-refractivity contribution in [2.75, 3.05) is 11.9 Å². The SMILES string of the molecule is Cc1cc(Nc2cccc(-c3nocc3CN3CCc4ccccc4C3)c2)c2ccccc2n1. The molecule has 5 aromatic rings. The molecule has 5 nitrogen and oxygen atoms in total. The fourth-order valence-corrected chi connectivity index (χ4v) is 4.85.